The highest BCUT2D eigenvalue weighted by atomic mass is 19.4. The van der Waals surface area contributed by atoms with Gasteiger partial charge in [-0.2, -0.15) is 13.2 Å². The van der Waals surface area contributed by atoms with Crippen molar-refractivity contribution in [3.63, 3.8) is 0 Å². The highest BCUT2D eigenvalue weighted by Crippen LogP contribution is 2.38. The molecule has 1 aliphatic carbocycles. The topological polar surface area (TPSA) is 68.1 Å². The fraction of sp³-hybridized carbons (Fsp3) is 0.607. The summed E-state index contributed by atoms with van der Waals surface area (Å²) in [7, 11) is 4.20. The zero-order valence-corrected chi connectivity index (χ0v) is 22.4. The Hall–Kier alpha value is -2.72. The lowest BCUT2D eigenvalue weighted by atomic mass is 9.79. The van der Waals surface area contributed by atoms with Crippen LogP contribution in [0, 0.1) is 11.3 Å². The van der Waals surface area contributed by atoms with Crippen molar-refractivity contribution >= 4 is 22.8 Å². The maximum atomic E-state index is 13.4. The molecule has 0 atom stereocenters. The summed E-state index contributed by atoms with van der Waals surface area (Å²) in [5.74, 6) is 1.92. The summed E-state index contributed by atoms with van der Waals surface area (Å²) in [6.45, 7) is 4.81. The summed E-state index contributed by atoms with van der Waals surface area (Å²) in [6.07, 6.45) is 4.13. The molecule has 206 valence electrons. The Morgan fingerprint density at radius 2 is 1.84 bits per heavy atom. The average molecular weight is 531 g/mol. The number of hydrogen-bond donors (Lipinski definition) is 1. The van der Waals surface area contributed by atoms with Gasteiger partial charge in [-0.3, -0.25) is 4.57 Å². The molecule has 1 saturated carbocycles. The Balaban J connectivity index is 1.49. The van der Waals surface area contributed by atoms with Gasteiger partial charge in [-0.15, -0.1) is 0 Å². The van der Waals surface area contributed by atoms with Gasteiger partial charge in [-0.05, 0) is 82.2 Å². The van der Waals surface area contributed by atoms with Crippen LogP contribution in [0.2, 0.25) is 0 Å². The van der Waals surface area contributed by atoms with Crippen LogP contribution in [0.25, 0.3) is 11.2 Å². The normalized spacial score (nSPS) is 22.2. The second-order valence-corrected chi connectivity index (χ2v) is 11.5. The summed E-state index contributed by atoms with van der Waals surface area (Å²) >= 11 is 0. The molecule has 7 nitrogen and oxygen atoms in total. The highest BCUT2D eigenvalue weighted by Gasteiger charge is 2.32. The Labute approximate surface area is 221 Å². The van der Waals surface area contributed by atoms with E-state index in [2.05, 4.69) is 40.8 Å². The number of ether oxygens (including phenoxy) is 1. The SMILES string of the molecule is CN(C)CC1CCC(n2c(Nc3cccc(C(F)(F)F)c3)nc3cnc(CC4(C)CCOCC4)nc32)CC1. The van der Waals surface area contributed by atoms with Crippen LogP contribution in [0.1, 0.15) is 62.9 Å². The Morgan fingerprint density at radius 1 is 1.11 bits per heavy atom. The first-order valence-corrected chi connectivity index (χ1v) is 13.5. The molecule has 0 unspecified atom stereocenters. The highest BCUT2D eigenvalue weighted by molar-refractivity contribution is 5.75. The van der Waals surface area contributed by atoms with Crippen LogP contribution >= 0.6 is 0 Å². The summed E-state index contributed by atoms with van der Waals surface area (Å²) in [5.41, 5.74) is 1.13. The van der Waals surface area contributed by atoms with Crippen LogP contribution in [0.15, 0.2) is 30.5 Å². The molecule has 38 heavy (non-hydrogen) atoms. The number of nitrogens with one attached hydrogen (secondary N) is 1. The van der Waals surface area contributed by atoms with E-state index in [9.17, 15) is 13.2 Å². The molecule has 1 N–H and O–H groups in total. The van der Waals surface area contributed by atoms with Gasteiger partial charge >= 0.3 is 6.18 Å². The van der Waals surface area contributed by atoms with Crippen molar-refractivity contribution in [2.75, 3.05) is 39.2 Å². The summed E-state index contributed by atoms with van der Waals surface area (Å²) < 4.78 is 47.7. The molecule has 1 aromatic carbocycles. The van der Waals surface area contributed by atoms with Crippen molar-refractivity contribution in [3.05, 3.63) is 41.9 Å². The lowest BCUT2D eigenvalue weighted by Crippen LogP contribution is -2.29. The molecule has 3 aromatic rings. The summed E-state index contributed by atoms with van der Waals surface area (Å²) in [4.78, 5) is 16.6. The van der Waals surface area contributed by atoms with Crippen molar-refractivity contribution in [2.24, 2.45) is 11.3 Å². The molecular formula is C28H37F3N6O. The molecule has 0 bridgehead atoms. The molecule has 0 spiro atoms. The van der Waals surface area contributed by atoms with Gasteiger partial charge in [0, 0.05) is 37.9 Å². The Morgan fingerprint density at radius 3 is 2.53 bits per heavy atom. The van der Waals surface area contributed by atoms with E-state index in [0.717, 1.165) is 88.3 Å². The number of anilines is 2. The summed E-state index contributed by atoms with van der Waals surface area (Å²) in [5, 5.41) is 3.18. The van der Waals surface area contributed by atoms with E-state index < -0.39 is 11.7 Å². The van der Waals surface area contributed by atoms with Crippen molar-refractivity contribution in [1.82, 2.24) is 24.4 Å². The lowest BCUT2D eigenvalue weighted by Gasteiger charge is -2.33. The molecule has 1 saturated heterocycles. The molecule has 0 radical (unpaired) electrons. The van der Waals surface area contributed by atoms with Gasteiger partial charge < -0.3 is 15.0 Å². The quantitative estimate of drug-likeness (QED) is 0.390. The number of aromatic nitrogens is 4. The first kappa shape index (κ1) is 26.9. The van der Waals surface area contributed by atoms with Crippen LogP contribution in [-0.4, -0.2) is 58.3 Å². The van der Waals surface area contributed by atoms with Gasteiger partial charge in [0.25, 0.3) is 0 Å². The van der Waals surface area contributed by atoms with Gasteiger partial charge in [-0.1, -0.05) is 13.0 Å². The zero-order chi connectivity index (χ0) is 26.9. The van der Waals surface area contributed by atoms with Gasteiger partial charge in [-0.25, -0.2) is 15.0 Å². The molecule has 3 heterocycles. The van der Waals surface area contributed by atoms with Crippen LogP contribution in [0.4, 0.5) is 24.8 Å². The standard InChI is InChI=1S/C28H37F3N6O/c1-27(11-13-38-14-12-27)16-24-32-17-23-25(35-24)37(22-9-7-19(8-10-22)18-36(2)3)26(34-23)33-21-6-4-5-20(15-21)28(29,30)31/h4-6,15,17,19,22H,7-14,16,18H2,1-3H3,(H,33,34). The number of halogens is 3. The smallest absolute Gasteiger partial charge is 0.381 e. The minimum Gasteiger partial charge on any atom is -0.381 e. The van der Waals surface area contributed by atoms with Gasteiger partial charge in [0.1, 0.15) is 11.3 Å². The van der Waals surface area contributed by atoms with Crippen molar-refractivity contribution in [2.45, 2.75) is 64.1 Å². The van der Waals surface area contributed by atoms with Crippen molar-refractivity contribution < 1.29 is 17.9 Å². The Bertz CT molecular complexity index is 1240. The molecule has 1 aliphatic heterocycles. The maximum Gasteiger partial charge on any atom is 0.416 e. The zero-order valence-electron chi connectivity index (χ0n) is 22.4. The predicted molar refractivity (Wildman–Crippen MR) is 141 cm³/mol. The number of rotatable bonds is 7. The van der Waals surface area contributed by atoms with Crippen LogP contribution < -0.4 is 5.32 Å². The van der Waals surface area contributed by atoms with E-state index in [1.165, 1.54) is 6.07 Å². The van der Waals surface area contributed by atoms with Crippen molar-refractivity contribution in [1.29, 1.82) is 0 Å². The minimum absolute atomic E-state index is 0.0835. The largest absolute Gasteiger partial charge is 0.416 e. The number of alkyl halides is 3. The molecule has 5 rings (SSSR count). The van der Waals surface area contributed by atoms with Crippen LogP contribution in [0.3, 0.4) is 0 Å². The van der Waals surface area contributed by atoms with E-state index >= 15 is 0 Å². The number of imidazole rings is 1. The van der Waals surface area contributed by atoms with Crippen molar-refractivity contribution in [3.8, 4) is 0 Å². The summed E-state index contributed by atoms with van der Waals surface area (Å²) in [6, 6.07) is 5.41. The molecule has 2 aliphatic rings. The van der Waals surface area contributed by atoms with E-state index in [0.29, 0.717) is 23.1 Å². The monoisotopic (exact) mass is 530 g/mol. The molecule has 2 fully saturated rings. The average Bonchev–Trinajstić information content (AvgIpc) is 3.21. The molecule has 10 heteroatoms. The molecular weight excluding hydrogens is 493 g/mol. The number of benzene rings is 1. The first-order valence-electron chi connectivity index (χ1n) is 13.5. The van der Waals surface area contributed by atoms with Gasteiger partial charge in [0.15, 0.2) is 5.65 Å². The second-order valence-electron chi connectivity index (χ2n) is 11.5. The third kappa shape index (κ3) is 6.12. The lowest BCUT2D eigenvalue weighted by molar-refractivity contribution is -0.137. The molecule has 0 amide bonds. The van der Waals surface area contributed by atoms with E-state index in [1.807, 2.05) is 0 Å². The third-order valence-corrected chi connectivity index (χ3v) is 8.02. The van der Waals surface area contributed by atoms with E-state index in [1.54, 1.807) is 12.3 Å². The molecule has 2 aromatic heterocycles. The Kier molecular flexibility index (Phi) is 7.64. The first-order chi connectivity index (χ1) is 18.1. The minimum atomic E-state index is -4.41. The number of nitrogens with zero attached hydrogens (tertiary/aromatic N) is 5. The fourth-order valence-electron chi connectivity index (χ4n) is 5.87. The van der Waals surface area contributed by atoms with Crippen LogP contribution in [-0.2, 0) is 17.3 Å². The van der Waals surface area contributed by atoms with Gasteiger partial charge in [0.05, 0.1) is 11.8 Å². The van der Waals surface area contributed by atoms with Crippen LogP contribution in [0.5, 0.6) is 0 Å². The number of hydrogen-bond acceptors (Lipinski definition) is 6. The number of fused-ring (bicyclic) bond motifs is 1. The maximum absolute atomic E-state index is 13.4. The predicted octanol–water partition coefficient (Wildman–Crippen LogP) is 6.24. The fourth-order valence-corrected chi connectivity index (χ4v) is 5.87. The second kappa shape index (κ2) is 10.8. The van der Waals surface area contributed by atoms with E-state index in [4.69, 9.17) is 14.7 Å². The van der Waals surface area contributed by atoms with Gasteiger partial charge in [0.2, 0.25) is 5.95 Å². The van der Waals surface area contributed by atoms with E-state index in [-0.39, 0.29) is 11.5 Å². The third-order valence-electron chi connectivity index (χ3n) is 8.02.